The normalized spacial score (nSPS) is 15.4. The van der Waals surface area contributed by atoms with Gasteiger partial charge in [-0.25, -0.2) is 8.42 Å². The summed E-state index contributed by atoms with van der Waals surface area (Å²) in [6.07, 6.45) is 6.34. The molecule has 7 nitrogen and oxygen atoms in total. The smallest absolute Gasteiger partial charge is 0.244 e. The molecule has 8 heteroatoms. The maximum absolute atomic E-state index is 13.6. The van der Waals surface area contributed by atoms with E-state index in [0.29, 0.717) is 11.6 Å². The van der Waals surface area contributed by atoms with Gasteiger partial charge in [-0.05, 0) is 48.9 Å². The summed E-state index contributed by atoms with van der Waals surface area (Å²) in [5, 5.41) is 3.11. The fourth-order valence-corrected chi connectivity index (χ4v) is 5.42. The van der Waals surface area contributed by atoms with Crippen LogP contribution in [0.25, 0.3) is 0 Å². The third-order valence-electron chi connectivity index (χ3n) is 6.84. The summed E-state index contributed by atoms with van der Waals surface area (Å²) in [6, 6.07) is 16.0. The summed E-state index contributed by atoms with van der Waals surface area (Å²) in [6.45, 7) is 5.67. The van der Waals surface area contributed by atoms with Crippen LogP contribution in [0.1, 0.15) is 69.9 Å². The number of hydrogen-bond donors (Lipinski definition) is 1. The van der Waals surface area contributed by atoms with Gasteiger partial charge in [-0.2, -0.15) is 0 Å². The van der Waals surface area contributed by atoms with Crippen molar-refractivity contribution in [2.24, 2.45) is 0 Å². The highest BCUT2D eigenvalue weighted by atomic mass is 32.2. The molecule has 0 bridgehead atoms. The maximum Gasteiger partial charge on any atom is 0.244 e. The molecule has 0 radical (unpaired) electrons. The third kappa shape index (κ3) is 7.56. The Morgan fingerprint density at radius 1 is 0.944 bits per heavy atom. The summed E-state index contributed by atoms with van der Waals surface area (Å²) < 4.78 is 26.5. The van der Waals surface area contributed by atoms with E-state index in [9.17, 15) is 18.0 Å². The molecule has 1 atom stereocenters. The number of carbonyl (C=O) groups excluding carboxylic acids is 2. The van der Waals surface area contributed by atoms with Crippen molar-refractivity contribution >= 4 is 27.5 Å². The molecule has 2 amide bonds. The summed E-state index contributed by atoms with van der Waals surface area (Å²) in [7, 11) is -3.74. The molecule has 1 fully saturated rings. The first-order chi connectivity index (χ1) is 17.1. The van der Waals surface area contributed by atoms with E-state index in [-0.39, 0.29) is 25.0 Å². The molecule has 36 heavy (non-hydrogen) atoms. The van der Waals surface area contributed by atoms with Crippen LogP contribution in [0.3, 0.4) is 0 Å². The van der Waals surface area contributed by atoms with Crippen molar-refractivity contribution in [3.8, 4) is 0 Å². The van der Waals surface area contributed by atoms with Gasteiger partial charge in [-0.15, -0.1) is 0 Å². The van der Waals surface area contributed by atoms with Gasteiger partial charge < -0.3 is 10.2 Å². The van der Waals surface area contributed by atoms with Crippen LogP contribution in [0, 0.1) is 0 Å². The topological polar surface area (TPSA) is 86.8 Å². The number of benzene rings is 2. The lowest BCUT2D eigenvalue weighted by atomic mass is 9.95. The van der Waals surface area contributed by atoms with Crippen molar-refractivity contribution in [1.29, 1.82) is 0 Å². The van der Waals surface area contributed by atoms with Crippen LogP contribution in [0.15, 0.2) is 54.6 Å². The lowest BCUT2D eigenvalue weighted by Gasteiger charge is -2.33. The first-order valence-electron chi connectivity index (χ1n) is 12.8. The molecule has 2 aromatic rings. The van der Waals surface area contributed by atoms with E-state index < -0.39 is 22.0 Å². The minimum atomic E-state index is -3.74. The van der Waals surface area contributed by atoms with Crippen molar-refractivity contribution < 1.29 is 18.0 Å². The van der Waals surface area contributed by atoms with Gasteiger partial charge in [-0.3, -0.25) is 13.9 Å². The second-order valence-electron chi connectivity index (χ2n) is 10.0. The molecule has 0 heterocycles. The van der Waals surface area contributed by atoms with Gasteiger partial charge in [-0.1, -0.05) is 75.6 Å². The molecule has 3 rings (SSSR count). The van der Waals surface area contributed by atoms with Gasteiger partial charge in [0, 0.05) is 12.6 Å². The van der Waals surface area contributed by atoms with E-state index in [2.05, 4.69) is 19.2 Å². The molecule has 0 aromatic heterocycles. The average molecular weight is 514 g/mol. The highest BCUT2D eigenvalue weighted by Crippen LogP contribution is 2.23. The van der Waals surface area contributed by atoms with Crippen molar-refractivity contribution in [2.45, 2.75) is 77.4 Å². The van der Waals surface area contributed by atoms with Crippen LogP contribution in [0.2, 0.25) is 0 Å². The van der Waals surface area contributed by atoms with Gasteiger partial charge in [0.15, 0.2) is 0 Å². The number of amides is 2. The Bertz CT molecular complexity index is 1110. The molecule has 2 aromatic carbocycles. The quantitative estimate of drug-likeness (QED) is 0.509. The third-order valence-corrected chi connectivity index (χ3v) is 7.98. The molecule has 1 N–H and O–H groups in total. The average Bonchev–Trinajstić information content (AvgIpc) is 2.86. The molecule has 0 saturated heterocycles. The lowest BCUT2D eigenvalue weighted by molar-refractivity contribution is -0.139. The molecular formula is C28H39N3O4S. The minimum Gasteiger partial charge on any atom is -0.352 e. The number of rotatable bonds is 10. The van der Waals surface area contributed by atoms with E-state index in [4.69, 9.17) is 0 Å². The number of nitrogens with zero attached hydrogens (tertiary/aromatic N) is 2. The number of hydrogen-bond acceptors (Lipinski definition) is 4. The van der Waals surface area contributed by atoms with Gasteiger partial charge in [0.1, 0.15) is 12.6 Å². The Morgan fingerprint density at radius 3 is 2.11 bits per heavy atom. The molecule has 1 aliphatic rings. The van der Waals surface area contributed by atoms with E-state index in [1.165, 1.54) is 11.3 Å². The summed E-state index contributed by atoms with van der Waals surface area (Å²) in [5.74, 6) is -0.334. The minimum absolute atomic E-state index is 0.120. The highest BCUT2D eigenvalue weighted by molar-refractivity contribution is 7.92. The number of nitrogens with one attached hydrogen (secondary N) is 1. The Balaban J connectivity index is 1.84. The van der Waals surface area contributed by atoms with Crippen LogP contribution in [-0.2, 0) is 26.2 Å². The fraction of sp³-hybridized carbons (Fsp3) is 0.500. The van der Waals surface area contributed by atoms with Crippen molar-refractivity contribution in [2.75, 3.05) is 17.1 Å². The van der Waals surface area contributed by atoms with Crippen molar-refractivity contribution in [3.05, 3.63) is 65.7 Å². The van der Waals surface area contributed by atoms with E-state index in [0.717, 1.165) is 47.4 Å². The molecule has 1 aliphatic carbocycles. The number of anilines is 1. The van der Waals surface area contributed by atoms with Crippen molar-refractivity contribution in [1.82, 2.24) is 10.2 Å². The second kappa shape index (κ2) is 12.4. The van der Waals surface area contributed by atoms with Gasteiger partial charge in [0.25, 0.3) is 0 Å². The maximum atomic E-state index is 13.6. The van der Waals surface area contributed by atoms with Crippen LogP contribution in [0.4, 0.5) is 5.69 Å². The van der Waals surface area contributed by atoms with E-state index in [1.807, 2.05) is 42.5 Å². The van der Waals surface area contributed by atoms with Crippen LogP contribution >= 0.6 is 0 Å². The molecular weight excluding hydrogens is 474 g/mol. The van der Waals surface area contributed by atoms with Gasteiger partial charge in [0.2, 0.25) is 21.8 Å². The Kier molecular flexibility index (Phi) is 9.54. The molecule has 196 valence electrons. The van der Waals surface area contributed by atoms with Crippen LogP contribution in [-0.4, -0.2) is 50.0 Å². The number of carbonyl (C=O) groups is 2. The second-order valence-corrected chi connectivity index (χ2v) is 11.9. The van der Waals surface area contributed by atoms with Crippen LogP contribution < -0.4 is 9.62 Å². The van der Waals surface area contributed by atoms with E-state index in [1.54, 1.807) is 19.1 Å². The number of sulfonamides is 1. The highest BCUT2D eigenvalue weighted by Gasteiger charge is 2.31. The SMILES string of the molecule is CC(C)c1ccc(N(CC(=O)N(Cc2ccccc2)[C@@H](C)C(=O)NC2CCCCC2)S(C)(=O)=O)cc1. The monoisotopic (exact) mass is 513 g/mol. The molecule has 0 spiro atoms. The first kappa shape index (κ1) is 27.7. The fourth-order valence-electron chi connectivity index (χ4n) is 4.57. The lowest BCUT2D eigenvalue weighted by Crippen LogP contribution is -2.52. The Labute approximate surface area is 215 Å². The summed E-state index contributed by atoms with van der Waals surface area (Å²) in [4.78, 5) is 28.3. The van der Waals surface area contributed by atoms with Crippen LogP contribution in [0.5, 0.6) is 0 Å². The zero-order valence-electron chi connectivity index (χ0n) is 21.8. The van der Waals surface area contributed by atoms with Gasteiger partial charge in [0.05, 0.1) is 11.9 Å². The zero-order valence-corrected chi connectivity index (χ0v) is 22.6. The van der Waals surface area contributed by atoms with E-state index >= 15 is 0 Å². The molecule has 0 unspecified atom stereocenters. The first-order valence-corrected chi connectivity index (χ1v) is 14.6. The predicted molar refractivity (Wildman–Crippen MR) is 144 cm³/mol. The standard InChI is InChI=1S/C28H39N3O4S/c1-21(2)24-15-17-26(18-16-24)31(36(4,34)35)20-27(32)30(19-23-11-7-5-8-12-23)22(3)28(33)29-25-13-9-6-10-14-25/h5,7-8,11-12,15-18,21-22,25H,6,9-10,13-14,19-20H2,1-4H3,(H,29,33)/t22-/m0/s1. The van der Waals surface area contributed by atoms with Crippen molar-refractivity contribution in [3.63, 3.8) is 0 Å². The molecule has 0 aliphatic heterocycles. The predicted octanol–water partition coefficient (Wildman–Crippen LogP) is 4.44. The zero-order chi connectivity index (χ0) is 26.3. The largest absolute Gasteiger partial charge is 0.352 e. The molecule has 1 saturated carbocycles. The Hall–Kier alpha value is -2.87. The van der Waals surface area contributed by atoms with Gasteiger partial charge >= 0.3 is 0 Å². The summed E-state index contributed by atoms with van der Waals surface area (Å²) >= 11 is 0. The summed E-state index contributed by atoms with van der Waals surface area (Å²) in [5.41, 5.74) is 2.38. The Morgan fingerprint density at radius 2 is 1.56 bits per heavy atom.